The van der Waals surface area contributed by atoms with Crippen LogP contribution in [0.25, 0.3) is 0 Å². The molecular weight excluding hydrogens is 364 g/mol. The molecule has 2 rings (SSSR count). The van der Waals surface area contributed by atoms with Gasteiger partial charge in [0, 0.05) is 5.56 Å². The molecule has 3 nitrogen and oxygen atoms in total. The maximum Gasteiger partial charge on any atom is 0.336 e. The molecule has 0 bridgehead atoms. The standard InChI is InChI=1S/C14H10BrClO3S/c1-6-3-4-7(2)11(14(18)19)10(6)12(17)9-5-8(16)13(15)20-9/h3-5H,1-2H3,(H,18,19). The summed E-state index contributed by atoms with van der Waals surface area (Å²) >= 11 is 10.4. The molecule has 0 aliphatic heterocycles. The van der Waals surface area contributed by atoms with Crippen LogP contribution in [0.2, 0.25) is 5.02 Å². The van der Waals surface area contributed by atoms with Crippen LogP contribution < -0.4 is 0 Å². The van der Waals surface area contributed by atoms with E-state index in [4.69, 9.17) is 11.6 Å². The highest BCUT2D eigenvalue weighted by molar-refractivity contribution is 9.11. The van der Waals surface area contributed by atoms with Crippen LogP contribution in [-0.2, 0) is 0 Å². The predicted octanol–water partition coefficient (Wildman–Crippen LogP) is 4.71. The van der Waals surface area contributed by atoms with Crippen LogP contribution in [0.15, 0.2) is 22.0 Å². The van der Waals surface area contributed by atoms with Gasteiger partial charge in [-0.25, -0.2) is 4.79 Å². The number of halogens is 2. The fourth-order valence-corrected chi connectivity index (χ4v) is 3.61. The maximum absolute atomic E-state index is 12.6. The zero-order valence-corrected chi connectivity index (χ0v) is 13.8. The Kier molecular flexibility index (Phi) is 4.32. The second-order valence-corrected chi connectivity index (χ2v) is 7.09. The molecule has 1 heterocycles. The number of hydrogen-bond donors (Lipinski definition) is 1. The molecule has 0 saturated heterocycles. The number of aryl methyl sites for hydroxylation is 2. The van der Waals surface area contributed by atoms with Crippen molar-refractivity contribution in [2.45, 2.75) is 13.8 Å². The van der Waals surface area contributed by atoms with Crippen LogP contribution in [0, 0.1) is 13.8 Å². The lowest BCUT2D eigenvalue weighted by atomic mass is 9.93. The molecule has 6 heteroatoms. The second-order valence-electron chi connectivity index (χ2n) is 4.32. The minimum absolute atomic E-state index is 0.0515. The van der Waals surface area contributed by atoms with Crippen molar-refractivity contribution in [1.82, 2.24) is 0 Å². The highest BCUT2D eigenvalue weighted by Gasteiger charge is 2.24. The molecule has 0 unspecified atom stereocenters. The highest BCUT2D eigenvalue weighted by atomic mass is 79.9. The predicted molar refractivity (Wildman–Crippen MR) is 83.3 cm³/mol. The van der Waals surface area contributed by atoms with Gasteiger partial charge in [-0.2, -0.15) is 0 Å². The third kappa shape index (κ3) is 2.66. The highest BCUT2D eigenvalue weighted by Crippen LogP contribution is 2.34. The van der Waals surface area contributed by atoms with Gasteiger partial charge < -0.3 is 5.11 Å². The number of thiophene rings is 1. The van der Waals surface area contributed by atoms with E-state index in [1.807, 2.05) is 0 Å². The molecule has 2 aromatic rings. The van der Waals surface area contributed by atoms with Gasteiger partial charge in [-0.05, 0) is 47.0 Å². The lowest BCUT2D eigenvalue weighted by molar-refractivity contribution is 0.0692. The third-order valence-electron chi connectivity index (χ3n) is 2.93. The molecule has 20 heavy (non-hydrogen) atoms. The summed E-state index contributed by atoms with van der Waals surface area (Å²) in [6.45, 7) is 3.40. The van der Waals surface area contributed by atoms with E-state index < -0.39 is 5.97 Å². The molecule has 1 aromatic heterocycles. The van der Waals surface area contributed by atoms with Crippen molar-refractivity contribution in [2.75, 3.05) is 0 Å². The van der Waals surface area contributed by atoms with Crippen LogP contribution in [0.4, 0.5) is 0 Å². The normalized spacial score (nSPS) is 10.6. The lowest BCUT2D eigenvalue weighted by Gasteiger charge is -2.10. The van der Waals surface area contributed by atoms with E-state index in [0.29, 0.717) is 24.8 Å². The molecular formula is C14H10BrClO3S. The number of carbonyl (C=O) groups excluding carboxylic acids is 1. The topological polar surface area (TPSA) is 54.4 Å². The van der Waals surface area contributed by atoms with Crippen LogP contribution in [0.3, 0.4) is 0 Å². The van der Waals surface area contributed by atoms with Gasteiger partial charge in [0.15, 0.2) is 0 Å². The molecule has 0 spiro atoms. The maximum atomic E-state index is 12.6. The van der Waals surface area contributed by atoms with E-state index in [2.05, 4.69) is 15.9 Å². The molecule has 0 amide bonds. The summed E-state index contributed by atoms with van der Waals surface area (Å²) in [5.41, 5.74) is 1.48. The number of rotatable bonds is 3. The van der Waals surface area contributed by atoms with Crippen molar-refractivity contribution in [2.24, 2.45) is 0 Å². The summed E-state index contributed by atoms with van der Waals surface area (Å²) in [6.07, 6.45) is 0. The van der Waals surface area contributed by atoms with Gasteiger partial charge in [0.1, 0.15) is 0 Å². The summed E-state index contributed by atoms with van der Waals surface area (Å²) in [6, 6.07) is 5.00. The average Bonchev–Trinajstić information content (AvgIpc) is 2.71. The van der Waals surface area contributed by atoms with Gasteiger partial charge >= 0.3 is 5.97 Å². The van der Waals surface area contributed by atoms with E-state index in [1.165, 1.54) is 11.3 Å². The first-order chi connectivity index (χ1) is 9.32. The van der Waals surface area contributed by atoms with Crippen LogP contribution in [0.1, 0.15) is 36.7 Å². The molecule has 0 saturated carbocycles. The van der Waals surface area contributed by atoms with Crippen molar-refractivity contribution >= 4 is 50.6 Å². The van der Waals surface area contributed by atoms with Crippen LogP contribution in [0.5, 0.6) is 0 Å². The van der Waals surface area contributed by atoms with E-state index >= 15 is 0 Å². The number of benzene rings is 1. The zero-order valence-electron chi connectivity index (χ0n) is 10.7. The van der Waals surface area contributed by atoms with Crippen molar-refractivity contribution in [3.63, 3.8) is 0 Å². The van der Waals surface area contributed by atoms with Gasteiger partial charge in [-0.3, -0.25) is 4.79 Å². The Morgan fingerprint density at radius 3 is 2.20 bits per heavy atom. The molecule has 1 aromatic carbocycles. The Bertz CT molecular complexity index is 702. The Morgan fingerprint density at radius 2 is 1.75 bits per heavy atom. The number of ketones is 1. The number of carbonyl (C=O) groups is 2. The third-order valence-corrected chi connectivity index (χ3v) is 5.41. The van der Waals surface area contributed by atoms with Gasteiger partial charge in [-0.1, -0.05) is 23.7 Å². The lowest BCUT2D eigenvalue weighted by Crippen LogP contribution is -2.12. The molecule has 1 N–H and O–H groups in total. The summed E-state index contributed by atoms with van der Waals surface area (Å²) in [7, 11) is 0. The monoisotopic (exact) mass is 372 g/mol. The molecule has 0 fully saturated rings. The van der Waals surface area contributed by atoms with E-state index in [9.17, 15) is 14.7 Å². The second kappa shape index (κ2) is 5.68. The van der Waals surface area contributed by atoms with Crippen molar-refractivity contribution in [1.29, 1.82) is 0 Å². The first-order valence-electron chi connectivity index (χ1n) is 5.66. The fraction of sp³-hybridized carbons (Fsp3) is 0.143. The molecule has 0 atom stereocenters. The minimum atomic E-state index is -1.10. The van der Waals surface area contributed by atoms with E-state index in [-0.39, 0.29) is 16.9 Å². The van der Waals surface area contributed by atoms with Gasteiger partial charge in [0.25, 0.3) is 0 Å². The van der Waals surface area contributed by atoms with Crippen LogP contribution in [-0.4, -0.2) is 16.9 Å². The number of carboxylic acids is 1. The van der Waals surface area contributed by atoms with Gasteiger partial charge in [0.05, 0.1) is 19.2 Å². The molecule has 0 radical (unpaired) electrons. The van der Waals surface area contributed by atoms with Crippen molar-refractivity contribution < 1.29 is 14.7 Å². The zero-order chi connectivity index (χ0) is 15.0. The smallest absolute Gasteiger partial charge is 0.336 e. The SMILES string of the molecule is Cc1ccc(C)c(C(=O)c2cc(Cl)c(Br)s2)c1C(=O)O. The number of hydrogen-bond acceptors (Lipinski definition) is 3. The number of aromatic carboxylic acids is 1. The first-order valence-corrected chi connectivity index (χ1v) is 7.64. The van der Waals surface area contributed by atoms with E-state index in [1.54, 1.807) is 32.0 Å². The number of carboxylic acid groups (broad SMARTS) is 1. The quantitative estimate of drug-likeness (QED) is 0.793. The van der Waals surface area contributed by atoms with Crippen molar-refractivity contribution in [3.8, 4) is 0 Å². The molecule has 0 aliphatic carbocycles. The Labute approximate surface area is 133 Å². The summed E-state index contributed by atoms with van der Waals surface area (Å²) in [4.78, 5) is 24.4. The first kappa shape index (κ1) is 15.2. The Hall–Kier alpha value is -1.17. The Balaban J connectivity index is 2.65. The fourth-order valence-electron chi connectivity index (χ4n) is 1.96. The van der Waals surface area contributed by atoms with Crippen molar-refractivity contribution in [3.05, 3.63) is 54.1 Å². The van der Waals surface area contributed by atoms with Crippen LogP contribution >= 0.6 is 38.9 Å². The molecule has 104 valence electrons. The largest absolute Gasteiger partial charge is 0.478 e. The summed E-state index contributed by atoms with van der Waals surface area (Å²) in [5.74, 6) is -1.42. The summed E-state index contributed by atoms with van der Waals surface area (Å²) < 4.78 is 0.657. The minimum Gasteiger partial charge on any atom is -0.478 e. The van der Waals surface area contributed by atoms with E-state index in [0.717, 1.165) is 0 Å². The van der Waals surface area contributed by atoms with Gasteiger partial charge in [-0.15, -0.1) is 11.3 Å². The average molecular weight is 374 g/mol. The van der Waals surface area contributed by atoms with Gasteiger partial charge in [0.2, 0.25) is 5.78 Å². The molecule has 0 aliphatic rings. The Morgan fingerprint density at radius 1 is 1.20 bits per heavy atom. The summed E-state index contributed by atoms with van der Waals surface area (Å²) in [5, 5.41) is 9.79.